The van der Waals surface area contributed by atoms with Crippen LogP contribution < -0.4 is 16.2 Å². The lowest BCUT2D eigenvalue weighted by Crippen LogP contribution is -2.13. The Labute approximate surface area is 173 Å². The standard InChI is InChI=1S/C21H18Cl2N4O/c1-28-19-11-10-17(26-20(24)13-2-6-15(22)7-3-13)12-18(19)27-21(25)14-4-8-16(23)9-5-14/h2-12H,1H3,(H2,24,26)(H2,25,27). The van der Waals surface area contributed by atoms with E-state index in [9.17, 15) is 0 Å². The zero-order valence-electron chi connectivity index (χ0n) is 15.1. The molecular formula is C21H18Cl2N4O. The summed E-state index contributed by atoms with van der Waals surface area (Å²) in [4.78, 5) is 8.94. The Hall–Kier alpha value is -3.02. The normalized spacial score (nSPS) is 12.1. The Balaban J connectivity index is 1.95. The maximum atomic E-state index is 6.14. The third-order valence-corrected chi connectivity index (χ3v) is 4.44. The molecular weight excluding hydrogens is 395 g/mol. The average Bonchev–Trinajstić information content (AvgIpc) is 2.69. The number of benzene rings is 3. The number of amidine groups is 2. The van der Waals surface area contributed by atoms with Gasteiger partial charge < -0.3 is 16.2 Å². The van der Waals surface area contributed by atoms with Crippen molar-refractivity contribution in [2.24, 2.45) is 21.5 Å². The van der Waals surface area contributed by atoms with Crippen LogP contribution in [0.25, 0.3) is 0 Å². The Morgan fingerprint density at radius 2 is 1.25 bits per heavy atom. The van der Waals surface area contributed by atoms with Gasteiger partial charge in [-0.05, 0) is 66.7 Å². The van der Waals surface area contributed by atoms with Gasteiger partial charge in [-0.2, -0.15) is 0 Å². The van der Waals surface area contributed by atoms with Gasteiger partial charge in [0.25, 0.3) is 0 Å². The van der Waals surface area contributed by atoms with Crippen molar-refractivity contribution in [2.75, 3.05) is 7.11 Å². The van der Waals surface area contributed by atoms with Gasteiger partial charge in [-0.3, -0.25) is 0 Å². The topological polar surface area (TPSA) is 86.0 Å². The van der Waals surface area contributed by atoms with Gasteiger partial charge in [0.1, 0.15) is 23.1 Å². The van der Waals surface area contributed by atoms with Crippen LogP contribution in [0.3, 0.4) is 0 Å². The summed E-state index contributed by atoms with van der Waals surface area (Å²) in [6.45, 7) is 0. The molecule has 4 N–H and O–H groups in total. The molecule has 3 aromatic carbocycles. The first-order chi connectivity index (χ1) is 13.5. The lowest BCUT2D eigenvalue weighted by atomic mass is 10.2. The number of hydrogen-bond donors (Lipinski definition) is 2. The van der Waals surface area contributed by atoms with Crippen molar-refractivity contribution < 1.29 is 4.74 Å². The molecule has 0 unspecified atom stereocenters. The molecule has 0 radical (unpaired) electrons. The van der Waals surface area contributed by atoms with Crippen LogP contribution in [0.15, 0.2) is 76.7 Å². The first-order valence-corrected chi connectivity index (χ1v) is 9.10. The van der Waals surface area contributed by atoms with Crippen LogP contribution in [0, 0.1) is 0 Å². The summed E-state index contributed by atoms with van der Waals surface area (Å²) in [5.41, 5.74) is 14.9. The van der Waals surface area contributed by atoms with E-state index in [0.717, 1.165) is 11.1 Å². The predicted molar refractivity (Wildman–Crippen MR) is 117 cm³/mol. The smallest absolute Gasteiger partial charge is 0.144 e. The van der Waals surface area contributed by atoms with E-state index in [1.807, 2.05) is 12.1 Å². The van der Waals surface area contributed by atoms with E-state index in [2.05, 4.69) is 9.98 Å². The molecule has 7 heteroatoms. The number of nitrogens with two attached hydrogens (primary N) is 2. The van der Waals surface area contributed by atoms with Crippen molar-refractivity contribution in [3.05, 3.63) is 87.9 Å². The molecule has 0 heterocycles. The predicted octanol–water partition coefficient (Wildman–Crippen LogP) is 5.08. The fourth-order valence-electron chi connectivity index (χ4n) is 2.47. The van der Waals surface area contributed by atoms with E-state index in [0.29, 0.717) is 38.8 Å². The second-order valence-corrected chi connectivity index (χ2v) is 6.74. The quantitative estimate of drug-likeness (QED) is 0.452. The van der Waals surface area contributed by atoms with E-state index < -0.39 is 0 Å². The van der Waals surface area contributed by atoms with Gasteiger partial charge in [0.05, 0.1) is 12.8 Å². The van der Waals surface area contributed by atoms with E-state index in [1.54, 1.807) is 61.7 Å². The van der Waals surface area contributed by atoms with Gasteiger partial charge in [-0.15, -0.1) is 0 Å². The van der Waals surface area contributed by atoms with Crippen molar-refractivity contribution in [2.45, 2.75) is 0 Å². The molecule has 0 aliphatic rings. The molecule has 3 rings (SSSR count). The average molecular weight is 413 g/mol. The van der Waals surface area contributed by atoms with Crippen LogP contribution in [0.1, 0.15) is 11.1 Å². The van der Waals surface area contributed by atoms with Gasteiger partial charge in [-0.25, -0.2) is 9.98 Å². The SMILES string of the molecule is COc1ccc(N=C(N)c2ccc(Cl)cc2)cc1N=C(N)c1ccc(Cl)cc1. The molecule has 5 nitrogen and oxygen atoms in total. The lowest BCUT2D eigenvalue weighted by Gasteiger charge is -2.08. The molecule has 3 aromatic rings. The van der Waals surface area contributed by atoms with Crippen LogP contribution in [-0.2, 0) is 0 Å². The molecule has 28 heavy (non-hydrogen) atoms. The third-order valence-electron chi connectivity index (χ3n) is 3.93. The number of methoxy groups -OCH3 is 1. The summed E-state index contributed by atoms with van der Waals surface area (Å²) in [5.74, 6) is 1.27. The largest absolute Gasteiger partial charge is 0.494 e. The first-order valence-electron chi connectivity index (χ1n) is 8.34. The van der Waals surface area contributed by atoms with Crippen LogP contribution in [0.4, 0.5) is 11.4 Å². The number of aliphatic imine (C=N–C) groups is 2. The number of ether oxygens (including phenoxy) is 1. The van der Waals surface area contributed by atoms with Crippen molar-refractivity contribution in [3.8, 4) is 5.75 Å². The highest BCUT2D eigenvalue weighted by Crippen LogP contribution is 2.32. The van der Waals surface area contributed by atoms with Crippen LogP contribution in [0.5, 0.6) is 5.75 Å². The maximum Gasteiger partial charge on any atom is 0.144 e. The van der Waals surface area contributed by atoms with E-state index >= 15 is 0 Å². The number of halogens is 2. The molecule has 0 saturated carbocycles. The van der Waals surface area contributed by atoms with E-state index in [-0.39, 0.29) is 0 Å². The molecule has 142 valence electrons. The summed E-state index contributed by atoms with van der Waals surface area (Å²) in [6.07, 6.45) is 0. The number of nitrogens with zero attached hydrogens (tertiary/aromatic N) is 2. The Bertz CT molecular complexity index is 1030. The van der Waals surface area contributed by atoms with Crippen molar-refractivity contribution in [3.63, 3.8) is 0 Å². The van der Waals surface area contributed by atoms with Gasteiger partial charge >= 0.3 is 0 Å². The maximum absolute atomic E-state index is 6.14. The van der Waals surface area contributed by atoms with Crippen molar-refractivity contribution in [1.29, 1.82) is 0 Å². The molecule has 0 amide bonds. The molecule has 0 spiro atoms. The summed E-state index contributed by atoms with van der Waals surface area (Å²) < 4.78 is 5.38. The fourth-order valence-corrected chi connectivity index (χ4v) is 2.73. The second-order valence-electron chi connectivity index (χ2n) is 5.86. The molecule has 0 saturated heterocycles. The van der Waals surface area contributed by atoms with E-state index in [4.69, 9.17) is 39.4 Å². The highest BCUT2D eigenvalue weighted by Gasteiger charge is 2.07. The summed E-state index contributed by atoms with van der Waals surface area (Å²) in [6, 6.07) is 19.6. The lowest BCUT2D eigenvalue weighted by molar-refractivity contribution is 0.416. The Morgan fingerprint density at radius 3 is 1.75 bits per heavy atom. The zero-order valence-corrected chi connectivity index (χ0v) is 16.6. The summed E-state index contributed by atoms with van der Waals surface area (Å²) >= 11 is 11.8. The summed E-state index contributed by atoms with van der Waals surface area (Å²) in [7, 11) is 1.57. The molecule has 0 atom stereocenters. The number of hydrogen-bond acceptors (Lipinski definition) is 3. The van der Waals surface area contributed by atoms with Crippen molar-refractivity contribution >= 4 is 46.2 Å². The Kier molecular flexibility index (Phi) is 6.19. The van der Waals surface area contributed by atoms with Gasteiger partial charge in [-0.1, -0.05) is 23.2 Å². The second kappa shape index (κ2) is 8.78. The minimum absolute atomic E-state index is 0.335. The van der Waals surface area contributed by atoms with Crippen LogP contribution in [0.2, 0.25) is 10.0 Å². The zero-order chi connectivity index (χ0) is 20.1. The van der Waals surface area contributed by atoms with Gasteiger partial charge in [0.15, 0.2) is 0 Å². The molecule has 0 aliphatic carbocycles. The minimum Gasteiger partial charge on any atom is -0.494 e. The Morgan fingerprint density at radius 1 is 0.750 bits per heavy atom. The first kappa shape index (κ1) is 19.7. The highest BCUT2D eigenvalue weighted by molar-refractivity contribution is 6.31. The van der Waals surface area contributed by atoms with Gasteiger partial charge in [0, 0.05) is 21.2 Å². The molecule has 0 fully saturated rings. The monoisotopic (exact) mass is 412 g/mol. The van der Waals surface area contributed by atoms with Crippen molar-refractivity contribution in [1.82, 2.24) is 0 Å². The highest BCUT2D eigenvalue weighted by atomic mass is 35.5. The number of rotatable bonds is 5. The van der Waals surface area contributed by atoms with Crippen LogP contribution in [-0.4, -0.2) is 18.8 Å². The van der Waals surface area contributed by atoms with Crippen LogP contribution >= 0.6 is 23.2 Å². The van der Waals surface area contributed by atoms with E-state index in [1.165, 1.54) is 0 Å². The molecule has 0 aromatic heterocycles. The summed E-state index contributed by atoms with van der Waals surface area (Å²) in [5, 5.41) is 1.26. The minimum atomic E-state index is 0.335. The molecule has 0 bridgehead atoms. The molecule has 0 aliphatic heterocycles. The third kappa shape index (κ3) is 4.82. The van der Waals surface area contributed by atoms with Gasteiger partial charge in [0.2, 0.25) is 0 Å². The fraction of sp³-hybridized carbons (Fsp3) is 0.0476.